The maximum absolute atomic E-state index is 13.4. The summed E-state index contributed by atoms with van der Waals surface area (Å²) in [6.45, 7) is 2.80. The van der Waals surface area contributed by atoms with Crippen molar-refractivity contribution < 1.29 is 4.39 Å². The molecule has 1 fully saturated rings. The fourth-order valence-corrected chi connectivity index (χ4v) is 3.06. The van der Waals surface area contributed by atoms with Crippen LogP contribution in [0, 0.1) is 5.82 Å². The van der Waals surface area contributed by atoms with Crippen molar-refractivity contribution in [2.45, 2.75) is 25.4 Å². The third-order valence-electron chi connectivity index (χ3n) is 3.97. The zero-order chi connectivity index (χ0) is 14.7. The van der Waals surface area contributed by atoms with E-state index in [0.29, 0.717) is 17.6 Å². The highest BCUT2D eigenvalue weighted by Crippen LogP contribution is 2.18. The molecule has 1 aromatic carbocycles. The first-order valence-electron chi connectivity index (χ1n) is 6.94. The van der Waals surface area contributed by atoms with Crippen LogP contribution in [0.5, 0.6) is 0 Å². The molecule has 2 N–H and O–H groups in total. The third-order valence-corrected chi connectivity index (χ3v) is 4.19. The molecular weight excluding hydrogens is 273 g/mol. The molecule has 0 amide bonds. The van der Waals surface area contributed by atoms with E-state index in [1.807, 2.05) is 0 Å². The molecule has 3 nitrogen and oxygen atoms in total. The third kappa shape index (κ3) is 3.75. The summed E-state index contributed by atoms with van der Waals surface area (Å²) in [4.78, 5) is 4.92. The van der Waals surface area contributed by atoms with Crippen molar-refractivity contribution in [1.29, 1.82) is 0 Å². The van der Waals surface area contributed by atoms with Crippen LogP contribution >= 0.6 is 12.2 Å². The topological polar surface area (TPSA) is 32.5 Å². The molecule has 0 spiro atoms. The van der Waals surface area contributed by atoms with Gasteiger partial charge in [-0.1, -0.05) is 12.2 Å². The van der Waals surface area contributed by atoms with Crippen molar-refractivity contribution >= 4 is 17.2 Å². The van der Waals surface area contributed by atoms with Gasteiger partial charge in [0.25, 0.3) is 0 Å². The summed E-state index contributed by atoms with van der Waals surface area (Å²) in [5.74, 6) is -0.244. The van der Waals surface area contributed by atoms with Crippen LogP contribution in [0.15, 0.2) is 18.2 Å². The highest BCUT2D eigenvalue weighted by atomic mass is 32.1. The minimum absolute atomic E-state index is 0.244. The number of hydrogen-bond donors (Lipinski definition) is 1. The quantitative estimate of drug-likeness (QED) is 0.842. The molecule has 0 bridgehead atoms. The maximum atomic E-state index is 13.4. The van der Waals surface area contributed by atoms with E-state index in [4.69, 9.17) is 18.0 Å². The summed E-state index contributed by atoms with van der Waals surface area (Å²) in [6, 6.07) is 5.19. The van der Waals surface area contributed by atoms with Gasteiger partial charge in [-0.15, -0.1) is 0 Å². The normalized spacial score (nSPS) is 19.7. The van der Waals surface area contributed by atoms with Crippen LogP contribution in [-0.2, 0) is 6.54 Å². The Morgan fingerprint density at radius 3 is 2.90 bits per heavy atom. The van der Waals surface area contributed by atoms with Gasteiger partial charge in [0.2, 0.25) is 0 Å². The fourth-order valence-electron chi connectivity index (χ4n) is 2.86. The van der Waals surface area contributed by atoms with Gasteiger partial charge in [0.05, 0.1) is 0 Å². The van der Waals surface area contributed by atoms with Crippen LogP contribution < -0.4 is 5.73 Å². The molecule has 20 heavy (non-hydrogen) atoms. The monoisotopic (exact) mass is 295 g/mol. The number of benzene rings is 1. The maximum Gasteiger partial charge on any atom is 0.123 e. The second-order valence-corrected chi connectivity index (χ2v) is 6.08. The highest BCUT2D eigenvalue weighted by molar-refractivity contribution is 7.80. The van der Waals surface area contributed by atoms with Gasteiger partial charge in [-0.25, -0.2) is 4.39 Å². The number of thiocarbonyl (C=S) groups is 1. The van der Waals surface area contributed by atoms with E-state index >= 15 is 0 Å². The lowest BCUT2D eigenvalue weighted by Crippen LogP contribution is -2.36. The Hall–Kier alpha value is -1.04. The Balaban J connectivity index is 2.05. The van der Waals surface area contributed by atoms with Crippen LogP contribution in [0.3, 0.4) is 0 Å². The molecule has 1 aromatic rings. The molecule has 2 rings (SSSR count). The van der Waals surface area contributed by atoms with Gasteiger partial charge in [-0.2, -0.15) is 0 Å². The number of nitrogens with two attached hydrogens (primary N) is 1. The van der Waals surface area contributed by atoms with Gasteiger partial charge in [0.15, 0.2) is 0 Å². The Labute approximate surface area is 125 Å². The van der Waals surface area contributed by atoms with E-state index < -0.39 is 0 Å². The standard InChI is InChI=1S/C15H22FN3S/c1-18(10-13-4-3-7-19(13)2)9-11-8-12(16)5-6-14(11)15(17)20/h5-6,8,13H,3-4,7,9-10H2,1-2H3,(H2,17,20). The SMILES string of the molecule is CN(Cc1cc(F)ccc1C(N)=S)CC1CCCN1C. The van der Waals surface area contributed by atoms with Crippen LogP contribution in [0.25, 0.3) is 0 Å². The van der Waals surface area contributed by atoms with Crippen molar-refractivity contribution in [2.24, 2.45) is 5.73 Å². The van der Waals surface area contributed by atoms with E-state index in [1.54, 1.807) is 6.07 Å². The number of halogens is 1. The van der Waals surface area contributed by atoms with E-state index in [0.717, 1.165) is 24.2 Å². The highest BCUT2D eigenvalue weighted by Gasteiger charge is 2.22. The van der Waals surface area contributed by atoms with Crippen LogP contribution in [-0.4, -0.2) is 48.0 Å². The van der Waals surface area contributed by atoms with Gasteiger partial charge >= 0.3 is 0 Å². The minimum atomic E-state index is -0.244. The molecule has 1 aliphatic rings. The Bertz CT molecular complexity index is 492. The molecule has 5 heteroatoms. The van der Waals surface area contributed by atoms with E-state index in [9.17, 15) is 4.39 Å². The zero-order valence-corrected chi connectivity index (χ0v) is 12.9. The van der Waals surface area contributed by atoms with Crippen molar-refractivity contribution in [3.05, 3.63) is 35.1 Å². The largest absolute Gasteiger partial charge is 0.389 e. The van der Waals surface area contributed by atoms with E-state index in [-0.39, 0.29) is 5.82 Å². The molecule has 0 radical (unpaired) electrons. The molecule has 0 saturated carbocycles. The predicted octanol–water partition coefficient (Wildman–Crippen LogP) is 1.99. The Kier molecular flexibility index (Phi) is 5.07. The average Bonchev–Trinajstić information content (AvgIpc) is 2.74. The molecule has 1 saturated heterocycles. The summed E-state index contributed by atoms with van der Waals surface area (Å²) in [5, 5.41) is 0. The lowest BCUT2D eigenvalue weighted by molar-refractivity contribution is 0.215. The molecular formula is C15H22FN3S. The first-order valence-corrected chi connectivity index (χ1v) is 7.35. The molecule has 0 aromatic heterocycles. The Morgan fingerprint density at radius 1 is 1.55 bits per heavy atom. The number of nitrogens with zero attached hydrogens (tertiary/aromatic N) is 2. The van der Waals surface area contributed by atoms with Gasteiger partial charge in [-0.05, 0) is 57.2 Å². The van der Waals surface area contributed by atoms with Gasteiger partial charge in [0.1, 0.15) is 10.8 Å². The zero-order valence-electron chi connectivity index (χ0n) is 12.1. The predicted molar refractivity (Wildman–Crippen MR) is 84.3 cm³/mol. The second-order valence-electron chi connectivity index (χ2n) is 5.64. The van der Waals surface area contributed by atoms with Gasteiger partial charge < -0.3 is 15.5 Å². The van der Waals surface area contributed by atoms with E-state index in [1.165, 1.54) is 25.0 Å². The van der Waals surface area contributed by atoms with Gasteiger partial charge in [0, 0.05) is 24.7 Å². The van der Waals surface area contributed by atoms with Crippen LogP contribution in [0.4, 0.5) is 4.39 Å². The molecule has 1 heterocycles. The number of likely N-dealkylation sites (N-methyl/N-ethyl adjacent to an activating group) is 2. The first kappa shape index (κ1) is 15.4. The summed E-state index contributed by atoms with van der Waals surface area (Å²) in [7, 11) is 4.22. The van der Waals surface area contributed by atoms with Crippen molar-refractivity contribution in [1.82, 2.24) is 9.80 Å². The van der Waals surface area contributed by atoms with Crippen molar-refractivity contribution in [3.8, 4) is 0 Å². The fraction of sp³-hybridized carbons (Fsp3) is 0.533. The molecule has 0 aliphatic carbocycles. The Morgan fingerprint density at radius 2 is 2.30 bits per heavy atom. The lowest BCUT2D eigenvalue weighted by Gasteiger charge is -2.26. The number of rotatable bonds is 5. The summed E-state index contributed by atoms with van der Waals surface area (Å²) >= 11 is 5.04. The van der Waals surface area contributed by atoms with Gasteiger partial charge in [-0.3, -0.25) is 0 Å². The van der Waals surface area contributed by atoms with Crippen LogP contribution in [0.1, 0.15) is 24.0 Å². The molecule has 110 valence electrons. The van der Waals surface area contributed by atoms with Crippen molar-refractivity contribution in [3.63, 3.8) is 0 Å². The lowest BCUT2D eigenvalue weighted by atomic mass is 10.1. The van der Waals surface area contributed by atoms with E-state index in [2.05, 4.69) is 23.9 Å². The molecule has 1 aliphatic heterocycles. The summed E-state index contributed by atoms with van der Waals surface area (Å²) in [5.41, 5.74) is 7.34. The minimum Gasteiger partial charge on any atom is -0.389 e. The molecule has 1 atom stereocenters. The molecule has 1 unspecified atom stereocenters. The average molecular weight is 295 g/mol. The first-order chi connectivity index (χ1) is 9.47. The smallest absolute Gasteiger partial charge is 0.123 e. The summed E-state index contributed by atoms with van der Waals surface area (Å²) < 4.78 is 13.4. The number of hydrogen-bond acceptors (Lipinski definition) is 3. The van der Waals surface area contributed by atoms with Crippen LogP contribution in [0.2, 0.25) is 0 Å². The summed E-state index contributed by atoms with van der Waals surface area (Å²) in [6.07, 6.45) is 2.49. The number of likely N-dealkylation sites (tertiary alicyclic amines) is 1. The second kappa shape index (κ2) is 6.61. The van der Waals surface area contributed by atoms with Crippen molar-refractivity contribution in [2.75, 3.05) is 27.2 Å².